The van der Waals surface area contributed by atoms with E-state index < -0.39 is 0 Å². The fraction of sp³-hybridized carbons (Fsp3) is 0.200. The number of aromatic hydroxyl groups is 2. The molecule has 2 aromatic rings. The molecular weight excluding hydrogens is 240 g/mol. The van der Waals surface area contributed by atoms with E-state index in [-0.39, 0.29) is 16.9 Å². The summed E-state index contributed by atoms with van der Waals surface area (Å²) >= 11 is 0. The average molecular weight is 258 g/mol. The van der Waals surface area contributed by atoms with Crippen LogP contribution in [-0.4, -0.2) is 10.2 Å². The van der Waals surface area contributed by atoms with E-state index in [0.717, 1.165) is 11.1 Å². The average Bonchev–Trinajstić information content (AvgIpc) is 2.35. The van der Waals surface area contributed by atoms with Gasteiger partial charge in [0.05, 0.1) is 11.4 Å². The third kappa shape index (κ3) is 2.29. The second-order valence-electron chi connectivity index (χ2n) is 5.17. The molecule has 0 aliphatic heterocycles. The molecule has 4 nitrogen and oxygen atoms in total. The SMILES string of the molecule is CC(C)(c1ccc(O)c(N)c1)c1ccc(N)c(O)c1. The van der Waals surface area contributed by atoms with E-state index in [1.54, 1.807) is 24.3 Å². The third-order valence-corrected chi connectivity index (χ3v) is 3.50. The molecule has 0 amide bonds. The van der Waals surface area contributed by atoms with Crippen molar-refractivity contribution in [3.63, 3.8) is 0 Å². The van der Waals surface area contributed by atoms with Crippen LogP contribution in [0, 0.1) is 0 Å². The number of phenols is 2. The van der Waals surface area contributed by atoms with Crippen LogP contribution in [0.15, 0.2) is 36.4 Å². The van der Waals surface area contributed by atoms with Gasteiger partial charge in [0.2, 0.25) is 0 Å². The predicted molar refractivity (Wildman–Crippen MR) is 77.2 cm³/mol. The van der Waals surface area contributed by atoms with Crippen molar-refractivity contribution in [1.29, 1.82) is 0 Å². The van der Waals surface area contributed by atoms with E-state index in [9.17, 15) is 10.2 Å². The zero-order valence-corrected chi connectivity index (χ0v) is 11.0. The minimum Gasteiger partial charge on any atom is -0.506 e. The highest BCUT2D eigenvalue weighted by molar-refractivity contribution is 5.58. The molecule has 0 radical (unpaired) electrons. The Morgan fingerprint density at radius 1 is 0.789 bits per heavy atom. The number of anilines is 2. The molecule has 2 aromatic carbocycles. The van der Waals surface area contributed by atoms with Gasteiger partial charge in [-0.15, -0.1) is 0 Å². The molecule has 6 N–H and O–H groups in total. The van der Waals surface area contributed by atoms with Gasteiger partial charge in [0.15, 0.2) is 0 Å². The minimum absolute atomic E-state index is 0.0670. The smallest absolute Gasteiger partial charge is 0.138 e. The molecule has 4 heteroatoms. The lowest BCUT2D eigenvalue weighted by Crippen LogP contribution is -2.19. The maximum Gasteiger partial charge on any atom is 0.138 e. The fourth-order valence-electron chi connectivity index (χ4n) is 2.04. The van der Waals surface area contributed by atoms with E-state index in [1.165, 1.54) is 0 Å². The van der Waals surface area contributed by atoms with Crippen LogP contribution in [0.5, 0.6) is 11.5 Å². The lowest BCUT2D eigenvalue weighted by molar-refractivity contribution is 0.473. The summed E-state index contributed by atoms with van der Waals surface area (Å²) in [6.45, 7) is 4.04. The van der Waals surface area contributed by atoms with Gasteiger partial charge >= 0.3 is 0 Å². The van der Waals surface area contributed by atoms with Gasteiger partial charge in [0.25, 0.3) is 0 Å². The Labute approximate surface area is 112 Å². The molecule has 0 aromatic heterocycles. The topological polar surface area (TPSA) is 92.5 Å². The highest BCUT2D eigenvalue weighted by Gasteiger charge is 2.24. The van der Waals surface area contributed by atoms with Crippen LogP contribution in [0.3, 0.4) is 0 Å². The van der Waals surface area contributed by atoms with Crippen molar-refractivity contribution >= 4 is 11.4 Å². The van der Waals surface area contributed by atoms with Crippen LogP contribution in [-0.2, 0) is 5.41 Å². The maximum absolute atomic E-state index is 9.72. The Hall–Kier alpha value is -2.36. The van der Waals surface area contributed by atoms with Crippen LogP contribution in [0.4, 0.5) is 11.4 Å². The molecule has 2 rings (SSSR count). The number of nitrogens with two attached hydrogens (primary N) is 2. The Kier molecular flexibility index (Phi) is 3.02. The van der Waals surface area contributed by atoms with E-state index in [0.29, 0.717) is 11.4 Å². The molecule has 19 heavy (non-hydrogen) atoms. The van der Waals surface area contributed by atoms with Gasteiger partial charge in [0.1, 0.15) is 11.5 Å². The van der Waals surface area contributed by atoms with Crippen LogP contribution in [0.25, 0.3) is 0 Å². The van der Waals surface area contributed by atoms with Gasteiger partial charge in [-0.2, -0.15) is 0 Å². The van der Waals surface area contributed by atoms with Crippen LogP contribution in [0.1, 0.15) is 25.0 Å². The molecule has 0 atom stereocenters. The summed E-state index contributed by atoms with van der Waals surface area (Å²) in [5.74, 6) is 0.136. The van der Waals surface area contributed by atoms with Crippen molar-refractivity contribution in [1.82, 2.24) is 0 Å². The largest absolute Gasteiger partial charge is 0.506 e. The van der Waals surface area contributed by atoms with Crippen molar-refractivity contribution in [3.05, 3.63) is 47.5 Å². The Balaban J connectivity index is 2.51. The van der Waals surface area contributed by atoms with Gasteiger partial charge in [-0.25, -0.2) is 0 Å². The number of hydrogen-bond acceptors (Lipinski definition) is 4. The Morgan fingerprint density at radius 3 is 1.95 bits per heavy atom. The van der Waals surface area contributed by atoms with Crippen molar-refractivity contribution in [3.8, 4) is 11.5 Å². The standard InChI is InChI=1S/C15H18N2O2/c1-15(2,9-4-6-13(18)12(17)7-9)10-3-5-11(16)14(19)8-10/h3-8,18-19H,16-17H2,1-2H3. The molecule has 0 aliphatic rings. The summed E-state index contributed by atoms with van der Waals surface area (Å²) in [4.78, 5) is 0. The zero-order valence-electron chi connectivity index (χ0n) is 11.0. The van der Waals surface area contributed by atoms with Crippen molar-refractivity contribution in [2.75, 3.05) is 11.5 Å². The fourth-order valence-corrected chi connectivity index (χ4v) is 2.04. The van der Waals surface area contributed by atoms with Gasteiger partial charge in [-0.05, 0) is 35.4 Å². The molecule has 0 aliphatic carbocycles. The van der Waals surface area contributed by atoms with Gasteiger partial charge < -0.3 is 21.7 Å². The summed E-state index contributed by atoms with van der Waals surface area (Å²) in [6, 6.07) is 10.3. The van der Waals surface area contributed by atoms with Crippen LogP contribution in [0.2, 0.25) is 0 Å². The van der Waals surface area contributed by atoms with Crippen molar-refractivity contribution in [2.45, 2.75) is 19.3 Å². The molecule has 0 bridgehead atoms. The number of benzene rings is 2. The van der Waals surface area contributed by atoms with E-state index >= 15 is 0 Å². The highest BCUT2D eigenvalue weighted by atomic mass is 16.3. The van der Waals surface area contributed by atoms with Gasteiger partial charge in [-0.3, -0.25) is 0 Å². The molecule has 0 saturated carbocycles. The Bertz CT molecular complexity index is 568. The molecule has 0 saturated heterocycles. The second kappa shape index (κ2) is 4.39. The second-order valence-corrected chi connectivity index (χ2v) is 5.17. The van der Waals surface area contributed by atoms with E-state index in [2.05, 4.69) is 0 Å². The molecular formula is C15H18N2O2. The lowest BCUT2D eigenvalue weighted by Gasteiger charge is -2.27. The quantitative estimate of drug-likeness (QED) is 0.492. The first-order valence-electron chi connectivity index (χ1n) is 6.00. The number of hydrogen-bond donors (Lipinski definition) is 4. The lowest BCUT2D eigenvalue weighted by atomic mass is 9.78. The normalized spacial score (nSPS) is 11.5. The van der Waals surface area contributed by atoms with E-state index in [4.69, 9.17) is 11.5 Å². The summed E-state index contributed by atoms with van der Waals surface area (Å²) in [5.41, 5.74) is 13.5. The third-order valence-electron chi connectivity index (χ3n) is 3.50. The highest BCUT2D eigenvalue weighted by Crippen LogP contribution is 2.36. The summed E-state index contributed by atoms with van der Waals surface area (Å²) in [5, 5.41) is 19.2. The van der Waals surface area contributed by atoms with Gasteiger partial charge in [-0.1, -0.05) is 26.0 Å². The van der Waals surface area contributed by atoms with Crippen LogP contribution < -0.4 is 11.5 Å². The Morgan fingerprint density at radius 2 is 1.37 bits per heavy atom. The molecule has 0 fully saturated rings. The first-order chi connectivity index (χ1) is 8.82. The molecule has 0 heterocycles. The molecule has 0 spiro atoms. The first kappa shape index (κ1) is 13.1. The minimum atomic E-state index is -0.354. The first-order valence-corrected chi connectivity index (χ1v) is 6.00. The summed E-state index contributed by atoms with van der Waals surface area (Å²) < 4.78 is 0. The predicted octanol–water partition coefficient (Wildman–Crippen LogP) is 2.59. The summed E-state index contributed by atoms with van der Waals surface area (Å²) in [6.07, 6.45) is 0. The van der Waals surface area contributed by atoms with Crippen molar-refractivity contribution in [2.24, 2.45) is 0 Å². The molecule has 0 unspecified atom stereocenters. The number of nitrogen functional groups attached to an aromatic ring is 2. The van der Waals surface area contributed by atoms with E-state index in [1.807, 2.05) is 26.0 Å². The summed E-state index contributed by atoms with van der Waals surface area (Å²) in [7, 11) is 0. The van der Waals surface area contributed by atoms with Crippen molar-refractivity contribution < 1.29 is 10.2 Å². The maximum atomic E-state index is 9.72. The van der Waals surface area contributed by atoms with Gasteiger partial charge in [0, 0.05) is 5.41 Å². The number of phenolic OH excluding ortho intramolecular Hbond substituents is 2. The zero-order chi connectivity index (χ0) is 14.2. The monoisotopic (exact) mass is 258 g/mol. The molecule has 100 valence electrons. The van der Waals surface area contributed by atoms with Crippen LogP contribution >= 0.6 is 0 Å². The number of rotatable bonds is 2.